The summed E-state index contributed by atoms with van der Waals surface area (Å²) in [4.78, 5) is 13.9. The van der Waals surface area contributed by atoms with E-state index in [1.54, 1.807) is 0 Å². The zero-order chi connectivity index (χ0) is 13.5. The van der Waals surface area contributed by atoms with Crippen molar-refractivity contribution in [2.45, 2.75) is 46.6 Å². The van der Waals surface area contributed by atoms with Crippen molar-refractivity contribution in [3.05, 3.63) is 0 Å². The average molecular weight is 256 g/mol. The van der Waals surface area contributed by atoms with Crippen LogP contribution in [0.25, 0.3) is 0 Å². The third-order valence-electron chi connectivity index (χ3n) is 3.67. The summed E-state index contributed by atoms with van der Waals surface area (Å²) in [5, 5.41) is 2.97. The molecule has 1 aliphatic heterocycles. The number of likely N-dealkylation sites (tertiary alicyclic amines) is 1. The van der Waals surface area contributed by atoms with Gasteiger partial charge >= 0.3 is 6.03 Å². The molecule has 0 aliphatic carbocycles. The minimum atomic E-state index is 0.0818. The number of nitrogens with one attached hydrogen (secondary N) is 1. The average Bonchev–Trinajstić information content (AvgIpc) is 2.31. The minimum absolute atomic E-state index is 0.0818. The van der Waals surface area contributed by atoms with Crippen LogP contribution in [-0.2, 0) is 4.74 Å². The summed E-state index contributed by atoms with van der Waals surface area (Å²) in [7, 11) is 0. The molecule has 2 atom stereocenters. The molecular weight excluding hydrogens is 228 g/mol. The summed E-state index contributed by atoms with van der Waals surface area (Å²) in [6.45, 7) is 11.7. The van der Waals surface area contributed by atoms with Gasteiger partial charge in [0.25, 0.3) is 0 Å². The molecule has 0 aromatic rings. The molecule has 1 rings (SSSR count). The van der Waals surface area contributed by atoms with Gasteiger partial charge in [-0.3, -0.25) is 0 Å². The van der Waals surface area contributed by atoms with Gasteiger partial charge < -0.3 is 15.0 Å². The topological polar surface area (TPSA) is 41.6 Å². The number of amides is 2. The van der Waals surface area contributed by atoms with Crippen LogP contribution in [0.15, 0.2) is 0 Å². The highest BCUT2D eigenvalue weighted by Crippen LogP contribution is 2.22. The molecule has 0 radical (unpaired) electrons. The maximum Gasteiger partial charge on any atom is 0.317 e. The number of urea groups is 1. The Morgan fingerprint density at radius 2 is 2.11 bits per heavy atom. The third-order valence-corrected chi connectivity index (χ3v) is 3.67. The summed E-state index contributed by atoms with van der Waals surface area (Å²) in [5.74, 6) is 1.34. The molecule has 1 N–H and O–H groups in total. The molecule has 4 heteroatoms. The summed E-state index contributed by atoms with van der Waals surface area (Å²) in [6, 6.07) is 0.0818. The van der Waals surface area contributed by atoms with Crippen molar-refractivity contribution in [3.63, 3.8) is 0 Å². The molecule has 0 aromatic carbocycles. The van der Waals surface area contributed by atoms with Crippen molar-refractivity contribution in [3.8, 4) is 0 Å². The minimum Gasteiger partial charge on any atom is -0.379 e. The maximum absolute atomic E-state index is 11.9. The number of piperidine rings is 1. The highest BCUT2D eigenvalue weighted by atomic mass is 16.5. The Bertz CT molecular complexity index is 256. The molecule has 1 aliphatic rings. The zero-order valence-electron chi connectivity index (χ0n) is 12.2. The molecule has 0 unspecified atom stereocenters. The van der Waals surface area contributed by atoms with E-state index in [0.29, 0.717) is 19.1 Å². The van der Waals surface area contributed by atoms with Gasteiger partial charge in [-0.05, 0) is 38.5 Å². The second-order valence-electron chi connectivity index (χ2n) is 5.69. The number of hydrogen-bond donors (Lipinski definition) is 1. The van der Waals surface area contributed by atoms with E-state index in [1.165, 1.54) is 0 Å². The van der Waals surface area contributed by atoms with Crippen molar-refractivity contribution in [2.75, 3.05) is 26.2 Å². The molecule has 1 saturated heterocycles. The second kappa shape index (κ2) is 7.62. The standard InChI is InChI=1S/C14H28N2O2/c1-11(2)18-9-5-7-15-14(17)16-8-6-12(3)13(4)10-16/h11-13H,5-10H2,1-4H3,(H,15,17)/t12-,13-/m1/s1. The van der Waals surface area contributed by atoms with Gasteiger partial charge in [0, 0.05) is 26.2 Å². The van der Waals surface area contributed by atoms with E-state index in [9.17, 15) is 4.79 Å². The zero-order valence-corrected chi connectivity index (χ0v) is 12.2. The number of nitrogens with zero attached hydrogens (tertiary/aromatic N) is 1. The van der Waals surface area contributed by atoms with Gasteiger partial charge in [-0.15, -0.1) is 0 Å². The first-order valence-corrected chi connectivity index (χ1v) is 7.15. The van der Waals surface area contributed by atoms with Crippen molar-refractivity contribution in [2.24, 2.45) is 11.8 Å². The maximum atomic E-state index is 11.9. The first kappa shape index (κ1) is 15.3. The fourth-order valence-corrected chi connectivity index (χ4v) is 2.15. The largest absolute Gasteiger partial charge is 0.379 e. The number of ether oxygens (including phenoxy) is 1. The van der Waals surface area contributed by atoms with Gasteiger partial charge in [0.15, 0.2) is 0 Å². The molecule has 1 heterocycles. The molecule has 0 saturated carbocycles. The number of carbonyl (C=O) groups excluding carboxylic acids is 1. The van der Waals surface area contributed by atoms with Crippen LogP contribution in [-0.4, -0.2) is 43.3 Å². The molecule has 106 valence electrons. The van der Waals surface area contributed by atoms with Gasteiger partial charge in [0.1, 0.15) is 0 Å². The van der Waals surface area contributed by atoms with Crippen molar-refractivity contribution in [1.82, 2.24) is 10.2 Å². The van der Waals surface area contributed by atoms with Gasteiger partial charge in [-0.2, -0.15) is 0 Å². The van der Waals surface area contributed by atoms with E-state index in [2.05, 4.69) is 19.2 Å². The third kappa shape index (κ3) is 5.25. The molecule has 0 aromatic heterocycles. The molecule has 18 heavy (non-hydrogen) atoms. The first-order valence-electron chi connectivity index (χ1n) is 7.15. The van der Waals surface area contributed by atoms with Crippen LogP contribution in [0.1, 0.15) is 40.5 Å². The summed E-state index contributed by atoms with van der Waals surface area (Å²) >= 11 is 0. The Morgan fingerprint density at radius 1 is 1.39 bits per heavy atom. The van der Waals surface area contributed by atoms with Crippen LogP contribution in [0.3, 0.4) is 0 Å². The number of carbonyl (C=O) groups is 1. The first-order chi connectivity index (χ1) is 8.50. The smallest absolute Gasteiger partial charge is 0.317 e. The normalized spacial score (nSPS) is 24.4. The lowest BCUT2D eigenvalue weighted by Crippen LogP contribution is -2.47. The van der Waals surface area contributed by atoms with Gasteiger partial charge in [-0.1, -0.05) is 13.8 Å². The summed E-state index contributed by atoms with van der Waals surface area (Å²) in [5.41, 5.74) is 0. The van der Waals surface area contributed by atoms with Crippen molar-refractivity contribution < 1.29 is 9.53 Å². The highest BCUT2D eigenvalue weighted by Gasteiger charge is 2.25. The van der Waals surface area contributed by atoms with E-state index in [0.717, 1.165) is 31.8 Å². The lowest BCUT2D eigenvalue weighted by molar-refractivity contribution is 0.0769. The van der Waals surface area contributed by atoms with Gasteiger partial charge in [0.2, 0.25) is 0 Å². The van der Waals surface area contributed by atoms with Gasteiger partial charge in [-0.25, -0.2) is 4.79 Å². The Labute approximate surface area is 111 Å². The number of rotatable bonds is 5. The molecule has 1 fully saturated rings. The summed E-state index contributed by atoms with van der Waals surface area (Å²) in [6.07, 6.45) is 2.26. The Kier molecular flexibility index (Phi) is 6.47. The Hall–Kier alpha value is -0.770. The van der Waals surface area contributed by atoms with E-state index < -0.39 is 0 Å². The molecule has 0 spiro atoms. The van der Waals surface area contributed by atoms with E-state index in [-0.39, 0.29) is 12.1 Å². The fraction of sp³-hybridized carbons (Fsp3) is 0.929. The van der Waals surface area contributed by atoms with Crippen LogP contribution < -0.4 is 5.32 Å². The Morgan fingerprint density at radius 3 is 2.72 bits per heavy atom. The lowest BCUT2D eigenvalue weighted by Gasteiger charge is -2.35. The van der Waals surface area contributed by atoms with Crippen LogP contribution in [0.4, 0.5) is 4.79 Å². The van der Waals surface area contributed by atoms with Crippen LogP contribution in [0, 0.1) is 11.8 Å². The van der Waals surface area contributed by atoms with Gasteiger partial charge in [0.05, 0.1) is 6.10 Å². The highest BCUT2D eigenvalue weighted by molar-refractivity contribution is 5.74. The lowest BCUT2D eigenvalue weighted by atomic mass is 9.89. The SMILES string of the molecule is CC(C)OCCCNC(=O)N1CC[C@@H](C)[C@H](C)C1. The monoisotopic (exact) mass is 256 g/mol. The van der Waals surface area contributed by atoms with Crippen LogP contribution >= 0.6 is 0 Å². The Balaban J connectivity index is 2.13. The predicted octanol–water partition coefficient (Wildman–Crippen LogP) is 2.49. The van der Waals surface area contributed by atoms with Crippen LogP contribution in [0.2, 0.25) is 0 Å². The quantitative estimate of drug-likeness (QED) is 0.768. The number of hydrogen-bond acceptors (Lipinski definition) is 2. The van der Waals surface area contributed by atoms with E-state index in [1.807, 2.05) is 18.7 Å². The summed E-state index contributed by atoms with van der Waals surface area (Å²) < 4.78 is 5.44. The van der Waals surface area contributed by atoms with E-state index >= 15 is 0 Å². The second-order valence-corrected chi connectivity index (χ2v) is 5.69. The molecular formula is C14H28N2O2. The van der Waals surface area contributed by atoms with Crippen molar-refractivity contribution in [1.29, 1.82) is 0 Å². The molecule has 4 nitrogen and oxygen atoms in total. The predicted molar refractivity (Wildman–Crippen MR) is 73.6 cm³/mol. The fourth-order valence-electron chi connectivity index (χ4n) is 2.15. The van der Waals surface area contributed by atoms with E-state index in [4.69, 9.17) is 4.74 Å². The van der Waals surface area contributed by atoms with Crippen molar-refractivity contribution >= 4 is 6.03 Å². The molecule has 2 amide bonds. The van der Waals surface area contributed by atoms with Crippen LogP contribution in [0.5, 0.6) is 0 Å². The molecule has 0 bridgehead atoms.